The Bertz CT molecular complexity index is 875. The standard InChI is InChI=1S/C23H33N5O2/c1-16(2)21(29)27-13-11-17(12-14-27)24-22(30)25-20-15-19(23(3,4)5)26-28(20)18-9-7-6-8-10-18/h6-10,15-17H,11-14H2,1-5H3,(H2,24,25,30). The molecule has 3 rings (SSSR count). The lowest BCUT2D eigenvalue weighted by Gasteiger charge is -2.33. The van der Waals surface area contributed by atoms with Gasteiger partial charge < -0.3 is 10.2 Å². The normalized spacial score (nSPS) is 15.3. The SMILES string of the molecule is CC(C)C(=O)N1CCC(NC(=O)Nc2cc(C(C)(C)C)nn2-c2ccccc2)CC1. The van der Waals surface area contributed by atoms with Gasteiger partial charge in [-0.05, 0) is 25.0 Å². The molecule has 0 unspecified atom stereocenters. The molecular weight excluding hydrogens is 378 g/mol. The number of urea groups is 1. The predicted molar refractivity (Wildman–Crippen MR) is 119 cm³/mol. The summed E-state index contributed by atoms with van der Waals surface area (Å²) < 4.78 is 1.77. The number of rotatable bonds is 4. The van der Waals surface area contributed by atoms with Gasteiger partial charge >= 0.3 is 6.03 Å². The molecule has 0 aliphatic carbocycles. The van der Waals surface area contributed by atoms with Crippen molar-refractivity contribution in [2.75, 3.05) is 18.4 Å². The maximum atomic E-state index is 12.7. The first kappa shape index (κ1) is 21.9. The topological polar surface area (TPSA) is 79.3 Å². The molecule has 1 saturated heterocycles. The molecule has 1 aromatic heterocycles. The molecule has 0 saturated carbocycles. The molecule has 7 nitrogen and oxygen atoms in total. The molecule has 2 N–H and O–H groups in total. The number of benzene rings is 1. The largest absolute Gasteiger partial charge is 0.342 e. The minimum absolute atomic E-state index is 0.00749. The van der Waals surface area contributed by atoms with Crippen LogP contribution < -0.4 is 10.6 Å². The van der Waals surface area contributed by atoms with E-state index >= 15 is 0 Å². The van der Waals surface area contributed by atoms with Crippen LogP contribution in [0.15, 0.2) is 36.4 Å². The Balaban J connectivity index is 1.67. The summed E-state index contributed by atoms with van der Waals surface area (Å²) >= 11 is 0. The van der Waals surface area contributed by atoms with Crippen molar-refractivity contribution >= 4 is 17.8 Å². The van der Waals surface area contributed by atoms with E-state index in [1.165, 1.54) is 0 Å². The molecule has 162 valence electrons. The minimum Gasteiger partial charge on any atom is -0.342 e. The molecule has 2 aromatic rings. The van der Waals surface area contributed by atoms with Gasteiger partial charge in [-0.2, -0.15) is 5.10 Å². The van der Waals surface area contributed by atoms with Crippen LogP contribution in [0.5, 0.6) is 0 Å². The van der Waals surface area contributed by atoms with Crippen molar-refractivity contribution in [3.05, 3.63) is 42.1 Å². The molecule has 1 fully saturated rings. The van der Waals surface area contributed by atoms with Crippen LogP contribution in [-0.2, 0) is 10.2 Å². The van der Waals surface area contributed by atoms with Gasteiger partial charge in [0.25, 0.3) is 0 Å². The summed E-state index contributed by atoms with van der Waals surface area (Å²) in [6.07, 6.45) is 1.52. The van der Waals surface area contributed by atoms with E-state index in [2.05, 4.69) is 31.4 Å². The zero-order valence-electron chi connectivity index (χ0n) is 18.6. The van der Waals surface area contributed by atoms with Crippen molar-refractivity contribution < 1.29 is 9.59 Å². The van der Waals surface area contributed by atoms with Gasteiger partial charge in [0.2, 0.25) is 5.91 Å². The van der Waals surface area contributed by atoms with Crippen molar-refractivity contribution in [2.45, 2.75) is 58.9 Å². The molecular formula is C23H33N5O2. The van der Waals surface area contributed by atoms with Crippen LogP contribution in [0.4, 0.5) is 10.6 Å². The third-order valence-electron chi connectivity index (χ3n) is 5.36. The number of likely N-dealkylation sites (tertiary alicyclic amines) is 1. The second kappa shape index (κ2) is 8.90. The fraction of sp³-hybridized carbons (Fsp3) is 0.522. The van der Waals surface area contributed by atoms with E-state index < -0.39 is 0 Å². The predicted octanol–water partition coefficient (Wildman–Crippen LogP) is 3.94. The van der Waals surface area contributed by atoms with Crippen molar-refractivity contribution in [2.24, 2.45) is 5.92 Å². The highest BCUT2D eigenvalue weighted by molar-refractivity contribution is 5.89. The van der Waals surface area contributed by atoms with E-state index in [1.54, 1.807) is 4.68 Å². The summed E-state index contributed by atoms with van der Waals surface area (Å²) in [5, 5.41) is 10.8. The molecule has 2 heterocycles. The summed E-state index contributed by atoms with van der Waals surface area (Å²) in [7, 11) is 0. The van der Waals surface area contributed by atoms with Gasteiger partial charge in [0.1, 0.15) is 5.82 Å². The number of piperidine rings is 1. The Labute approximate surface area is 178 Å². The van der Waals surface area contributed by atoms with Crippen LogP contribution in [0.3, 0.4) is 0 Å². The van der Waals surface area contributed by atoms with Crippen molar-refractivity contribution in [1.82, 2.24) is 20.0 Å². The van der Waals surface area contributed by atoms with Gasteiger partial charge in [0, 0.05) is 36.5 Å². The Hall–Kier alpha value is -2.83. The smallest absolute Gasteiger partial charge is 0.320 e. The van der Waals surface area contributed by atoms with Crippen LogP contribution in [-0.4, -0.2) is 45.8 Å². The first-order chi connectivity index (χ1) is 14.1. The monoisotopic (exact) mass is 411 g/mol. The van der Waals surface area contributed by atoms with Crippen LogP contribution in [0.2, 0.25) is 0 Å². The van der Waals surface area contributed by atoms with Gasteiger partial charge in [-0.25, -0.2) is 9.48 Å². The summed E-state index contributed by atoms with van der Waals surface area (Å²) in [4.78, 5) is 26.7. The van der Waals surface area contributed by atoms with Crippen LogP contribution >= 0.6 is 0 Å². The van der Waals surface area contributed by atoms with Gasteiger partial charge in [-0.1, -0.05) is 52.8 Å². The number of para-hydroxylation sites is 1. The highest BCUT2D eigenvalue weighted by Gasteiger charge is 2.26. The Morgan fingerprint density at radius 3 is 2.30 bits per heavy atom. The minimum atomic E-state index is -0.249. The van der Waals surface area contributed by atoms with Gasteiger partial charge in [0.05, 0.1) is 11.4 Å². The van der Waals surface area contributed by atoms with Gasteiger partial charge in [0.15, 0.2) is 0 Å². The molecule has 30 heavy (non-hydrogen) atoms. The number of aromatic nitrogens is 2. The van der Waals surface area contributed by atoms with Crippen LogP contribution in [0.1, 0.15) is 53.2 Å². The van der Waals surface area contributed by atoms with Crippen molar-refractivity contribution in [3.8, 4) is 5.69 Å². The maximum absolute atomic E-state index is 12.7. The summed E-state index contributed by atoms with van der Waals surface area (Å²) in [5.74, 6) is 0.823. The number of carbonyl (C=O) groups excluding carboxylic acids is 2. The molecule has 3 amide bonds. The quantitative estimate of drug-likeness (QED) is 0.800. The lowest BCUT2D eigenvalue weighted by Crippen LogP contribution is -2.48. The highest BCUT2D eigenvalue weighted by Crippen LogP contribution is 2.26. The molecule has 1 aliphatic rings. The number of anilines is 1. The van der Waals surface area contributed by atoms with E-state index in [-0.39, 0.29) is 29.3 Å². The number of nitrogens with zero attached hydrogens (tertiary/aromatic N) is 3. The summed E-state index contributed by atoms with van der Waals surface area (Å²) in [5.41, 5.74) is 1.66. The molecule has 0 atom stereocenters. The molecule has 1 aliphatic heterocycles. The Morgan fingerprint density at radius 1 is 1.10 bits per heavy atom. The number of hydrogen-bond acceptors (Lipinski definition) is 3. The number of amides is 3. The van der Waals surface area contributed by atoms with Gasteiger partial charge in [-0.15, -0.1) is 0 Å². The van der Waals surface area contributed by atoms with Crippen LogP contribution in [0, 0.1) is 5.92 Å². The molecule has 0 radical (unpaired) electrons. The fourth-order valence-corrected chi connectivity index (χ4v) is 3.55. The van der Waals surface area contributed by atoms with Gasteiger partial charge in [-0.3, -0.25) is 10.1 Å². The third kappa shape index (κ3) is 5.20. The Morgan fingerprint density at radius 2 is 1.73 bits per heavy atom. The number of nitrogens with one attached hydrogen (secondary N) is 2. The van der Waals surface area contributed by atoms with Crippen molar-refractivity contribution in [1.29, 1.82) is 0 Å². The van der Waals surface area contributed by atoms with E-state index in [9.17, 15) is 9.59 Å². The Kier molecular flexibility index (Phi) is 6.48. The van der Waals surface area contributed by atoms with Crippen LogP contribution in [0.25, 0.3) is 5.69 Å². The third-order valence-corrected chi connectivity index (χ3v) is 5.36. The maximum Gasteiger partial charge on any atom is 0.320 e. The molecule has 1 aromatic carbocycles. The lowest BCUT2D eigenvalue weighted by atomic mass is 9.92. The van der Waals surface area contributed by atoms with E-state index in [4.69, 9.17) is 5.10 Å². The average Bonchev–Trinajstić information content (AvgIpc) is 3.12. The van der Waals surface area contributed by atoms with E-state index in [1.807, 2.05) is 55.1 Å². The molecule has 0 spiro atoms. The first-order valence-corrected chi connectivity index (χ1v) is 10.7. The van der Waals surface area contributed by atoms with E-state index in [0.29, 0.717) is 18.9 Å². The zero-order valence-corrected chi connectivity index (χ0v) is 18.6. The number of hydrogen-bond donors (Lipinski definition) is 2. The number of carbonyl (C=O) groups is 2. The average molecular weight is 412 g/mol. The zero-order chi connectivity index (χ0) is 21.9. The fourth-order valence-electron chi connectivity index (χ4n) is 3.55. The van der Waals surface area contributed by atoms with Crippen molar-refractivity contribution in [3.63, 3.8) is 0 Å². The summed E-state index contributed by atoms with van der Waals surface area (Å²) in [6.45, 7) is 11.5. The summed E-state index contributed by atoms with van der Waals surface area (Å²) in [6, 6.07) is 11.5. The second-order valence-electron chi connectivity index (χ2n) is 9.26. The molecule has 7 heteroatoms. The first-order valence-electron chi connectivity index (χ1n) is 10.7. The van der Waals surface area contributed by atoms with E-state index in [0.717, 1.165) is 24.2 Å². The highest BCUT2D eigenvalue weighted by atomic mass is 16.2. The lowest BCUT2D eigenvalue weighted by molar-refractivity contribution is -0.135. The second-order valence-corrected chi connectivity index (χ2v) is 9.26. The molecule has 0 bridgehead atoms.